The first-order valence-corrected chi connectivity index (χ1v) is 9.09. The minimum absolute atomic E-state index is 0.163. The van der Waals surface area contributed by atoms with Crippen molar-refractivity contribution in [2.75, 3.05) is 13.1 Å². The molecular weight excluding hydrogens is 363 g/mol. The molecule has 1 N–H and O–H groups in total. The van der Waals surface area contributed by atoms with Crippen molar-refractivity contribution in [3.05, 3.63) is 71.5 Å². The van der Waals surface area contributed by atoms with E-state index in [4.69, 9.17) is 4.74 Å². The van der Waals surface area contributed by atoms with E-state index in [1.165, 1.54) is 17.0 Å². The van der Waals surface area contributed by atoms with Crippen molar-refractivity contribution in [1.29, 1.82) is 0 Å². The third kappa shape index (κ3) is 5.16. The number of carbonyl (C=O) groups excluding carboxylic acids is 3. The summed E-state index contributed by atoms with van der Waals surface area (Å²) in [5.74, 6) is -1.99. The van der Waals surface area contributed by atoms with Crippen LogP contribution in [0.25, 0.3) is 0 Å². The van der Waals surface area contributed by atoms with Gasteiger partial charge in [0.05, 0.1) is 5.92 Å². The van der Waals surface area contributed by atoms with Gasteiger partial charge in [0.15, 0.2) is 0 Å². The number of amides is 3. The lowest BCUT2D eigenvalue weighted by Gasteiger charge is -2.31. The quantitative estimate of drug-likeness (QED) is 0.822. The molecule has 0 aromatic heterocycles. The van der Waals surface area contributed by atoms with Crippen LogP contribution in [0.5, 0.6) is 0 Å². The number of nitrogens with zero attached hydrogens (tertiary/aromatic N) is 1. The van der Waals surface area contributed by atoms with Crippen LogP contribution in [-0.4, -0.2) is 35.9 Å². The van der Waals surface area contributed by atoms with Crippen molar-refractivity contribution >= 4 is 17.9 Å². The number of carbonyl (C=O) groups is 3. The average Bonchev–Trinajstić information content (AvgIpc) is 2.73. The molecule has 0 bridgehead atoms. The number of hydrogen-bond acceptors (Lipinski definition) is 4. The molecule has 1 aliphatic heterocycles. The number of piperidine rings is 1. The highest BCUT2D eigenvalue weighted by atomic mass is 19.1. The van der Waals surface area contributed by atoms with Gasteiger partial charge in [-0.25, -0.2) is 9.18 Å². The lowest BCUT2D eigenvalue weighted by atomic mass is 9.97. The second-order valence-electron chi connectivity index (χ2n) is 6.65. The lowest BCUT2D eigenvalue weighted by Crippen LogP contribution is -2.46. The maximum atomic E-state index is 12.9. The Kier molecular flexibility index (Phi) is 6.37. The number of halogens is 1. The number of rotatable bonds is 4. The number of likely N-dealkylation sites (tertiary alicyclic amines) is 1. The third-order valence-electron chi connectivity index (χ3n) is 4.60. The Hall–Kier alpha value is -3.22. The van der Waals surface area contributed by atoms with Crippen LogP contribution in [0.2, 0.25) is 0 Å². The molecule has 3 amide bonds. The predicted molar refractivity (Wildman–Crippen MR) is 99.8 cm³/mol. The fourth-order valence-electron chi connectivity index (χ4n) is 3.05. The van der Waals surface area contributed by atoms with Gasteiger partial charge in [0, 0.05) is 18.7 Å². The van der Waals surface area contributed by atoms with Gasteiger partial charge in [0.1, 0.15) is 12.4 Å². The molecule has 1 fully saturated rings. The minimum Gasteiger partial charge on any atom is -0.445 e. The summed E-state index contributed by atoms with van der Waals surface area (Å²) in [6.45, 7) is 0.857. The molecule has 3 rings (SSSR count). The molecule has 2 aromatic rings. The van der Waals surface area contributed by atoms with Crippen LogP contribution < -0.4 is 5.32 Å². The van der Waals surface area contributed by atoms with Crippen molar-refractivity contribution in [3.63, 3.8) is 0 Å². The molecule has 1 saturated heterocycles. The summed E-state index contributed by atoms with van der Waals surface area (Å²) in [6, 6.07) is 14.3. The molecule has 1 atom stereocenters. The van der Waals surface area contributed by atoms with Crippen molar-refractivity contribution in [1.82, 2.24) is 10.2 Å². The Morgan fingerprint density at radius 1 is 1.07 bits per heavy atom. The Bertz CT molecular complexity index is 839. The lowest BCUT2D eigenvalue weighted by molar-refractivity contribution is -0.125. The number of imide groups is 1. The first-order chi connectivity index (χ1) is 13.5. The SMILES string of the molecule is O=C(NC(=O)[C@@H]1CCCN(C(=O)OCc2ccccc2)C1)c1ccc(F)cc1. The molecule has 1 aliphatic rings. The van der Waals surface area contributed by atoms with E-state index in [1.54, 1.807) is 0 Å². The van der Waals surface area contributed by atoms with E-state index in [2.05, 4.69) is 5.32 Å². The highest BCUT2D eigenvalue weighted by Gasteiger charge is 2.30. The van der Waals surface area contributed by atoms with E-state index >= 15 is 0 Å². The van der Waals surface area contributed by atoms with Crippen LogP contribution in [0.15, 0.2) is 54.6 Å². The number of nitrogens with one attached hydrogen (secondary N) is 1. The molecule has 0 unspecified atom stereocenters. The highest BCUT2D eigenvalue weighted by Crippen LogP contribution is 2.18. The number of ether oxygens (including phenoxy) is 1. The Morgan fingerprint density at radius 2 is 1.79 bits per heavy atom. The van der Waals surface area contributed by atoms with Crippen LogP contribution >= 0.6 is 0 Å². The van der Waals surface area contributed by atoms with E-state index in [0.29, 0.717) is 19.4 Å². The molecular formula is C21H21FN2O4. The van der Waals surface area contributed by atoms with E-state index in [9.17, 15) is 18.8 Å². The largest absolute Gasteiger partial charge is 0.445 e. The van der Waals surface area contributed by atoms with Gasteiger partial charge in [-0.2, -0.15) is 0 Å². The molecule has 2 aromatic carbocycles. The van der Waals surface area contributed by atoms with E-state index in [1.807, 2.05) is 30.3 Å². The molecule has 0 saturated carbocycles. The minimum atomic E-state index is -0.589. The van der Waals surface area contributed by atoms with Gasteiger partial charge in [-0.1, -0.05) is 30.3 Å². The zero-order chi connectivity index (χ0) is 19.9. The average molecular weight is 384 g/mol. The predicted octanol–water partition coefficient (Wildman–Crippen LogP) is 3.13. The molecule has 6 nitrogen and oxygen atoms in total. The van der Waals surface area contributed by atoms with E-state index in [-0.39, 0.29) is 18.7 Å². The van der Waals surface area contributed by atoms with Gasteiger partial charge in [-0.3, -0.25) is 14.9 Å². The van der Waals surface area contributed by atoms with Crippen LogP contribution in [-0.2, 0) is 16.1 Å². The van der Waals surface area contributed by atoms with Crippen molar-refractivity contribution in [2.45, 2.75) is 19.4 Å². The zero-order valence-corrected chi connectivity index (χ0v) is 15.3. The summed E-state index contributed by atoms with van der Waals surface area (Å²) >= 11 is 0. The first kappa shape index (κ1) is 19.5. The second kappa shape index (κ2) is 9.12. The molecule has 7 heteroatoms. The van der Waals surface area contributed by atoms with E-state index in [0.717, 1.165) is 17.7 Å². The van der Waals surface area contributed by atoms with Gasteiger partial charge >= 0.3 is 6.09 Å². The smallest absolute Gasteiger partial charge is 0.410 e. The Balaban J connectivity index is 1.52. The van der Waals surface area contributed by atoms with Crippen molar-refractivity contribution in [2.24, 2.45) is 5.92 Å². The van der Waals surface area contributed by atoms with Crippen molar-refractivity contribution < 1.29 is 23.5 Å². The number of hydrogen-bond donors (Lipinski definition) is 1. The van der Waals surface area contributed by atoms with E-state index < -0.39 is 29.6 Å². The van der Waals surface area contributed by atoms with Crippen LogP contribution in [0.4, 0.5) is 9.18 Å². The van der Waals surface area contributed by atoms with Crippen LogP contribution in [0.1, 0.15) is 28.8 Å². The van der Waals surface area contributed by atoms with Crippen molar-refractivity contribution in [3.8, 4) is 0 Å². The van der Waals surface area contributed by atoms with Gasteiger partial charge in [-0.05, 0) is 42.7 Å². The fourth-order valence-corrected chi connectivity index (χ4v) is 3.05. The summed E-state index contributed by atoms with van der Waals surface area (Å²) in [7, 11) is 0. The third-order valence-corrected chi connectivity index (χ3v) is 4.60. The molecule has 28 heavy (non-hydrogen) atoms. The monoisotopic (exact) mass is 384 g/mol. The Morgan fingerprint density at radius 3 is 2.50 bits per heavy atom. The van der Waals surface area contributed by atoms with Crippen LogP contribution in [0.3, 0.4) is 0 Å². The highest BCUT2D eigenvalue weighted by molar-refractivity contribution is 6.05. The molecule has 1 heterocycles. The van der Waals surface area contributed by atoms with Gasteiger partial charge in [0.25, 0.3) is 5.91 Å². The number of benzene rings is 2. The maximum Gasteiger partial charge on any atom is 0.410 e. The normalized spacial score (nSPS) is 16.3. The summed E-state index contributed by atoms with van der Waals surface area (Å²) in [5, 5.41) is 2.32. The van der Waals surface area contributed by atoms with Crippen LogP contribution in [0, 0.1) is 11.7 Å². The summed E-state index contributed by atoms with van der Waals surface area (Å²) < 4.78 is 18.3. The standard InChI is InChI=1S/C21H21FN2O4/c22-18-10-8-16(9-11-18)19(25)23-20(26)17-7-4-12-24(13-17)21(27)28-14-15-5-2-1-3-6-15/h1-3,5-6,8-11,17H,4,7,12-14H2,(H,23,25,26)/t17-/m1/s1. The van der Waals surface area contributed by atoms with Gasteiger partial charge < -0.3 is 9.64 Å². The van der Waals surface area contributed by atoms with Gasteiger partial charge in [-0.15, -0.1) is 0 Å². The second-order valence-corrected chi connectivity index (χ2v) is 6.65. The Labute approximate surface area is 162 Å². The molecule has 146 valence electrons. The molecule has 0 radical (unpaired) electrons. The fraction of sp³-hybridized carbons (Fsp3) is 0.286. The summed E-state index contributed by atoms with van der Waals surface area (Å²) in [4.78, 5) is 38.3. The topological polar surface area (TPSA) is 75.7 Å². The zero-order valence-electron chi connectivity index (χ0n) is 15.3. The molecule has 0 aliphatic carbocycles. The maximum absolute atomic E-state index is 12.9. The first-order valence-electron chi connectivity index (χ1n) is 9.09. The summed E-state index contributed by atoms with van der Waals surface area (Å²) in [6.07, 6.45) is 0.736. The van der Waals surface area contributed by atoms with Gasteiger partial charge in [0.2, 0.25) is 5.91 Å². The summed E-state index contributed by atoms with van der Waals surface area (Å²) in [5.41, 5.74) is 1.08. The molecule has 0 spiro atoms.